The van der Waals surface area contributed by atoms with Gasteiger partial charge in [-0.3, -0.25) is 14.5 Å². The van der Waals surface area contributed by atoms with Crippen molar-refractivity contribution in [2.24, 2.45) is 0 Å². The molecule has 1 atom stereocenters. The van der Waals surface area contributed by atoms with Gasteiger partial charge in [-0.15, -0.1) is 0 Å². The van der Waals surface area contributed by atoms with E-state index in [9.17, 15) is 9.59 Å². The van der Waals surface area contributed by atoms with Gasteiger partial charge in [0.15, 0.2) is 16.9 Å². The molecule has 7 nitrogen and oxygen atoms in total. The summed E-state index contributed by atoms with van der Waals surface area (Å²) in [5.74, 6) is 1.28. The minimum absolute atomic E-state index is 0.00140. The van der Waals surface area contributed by atoms with Gasteiger partial charge in [0.1, 0.15) is 11.3 Å². The quantitative estimate of drug-likeness (QED) is 0.349. The molecule has 0 spiro atoms. The van der Waals surface area contributed by atoms with Gasteiger partial charge in [-0.2, -0.15) is 0 Å². The SMILES string of the molecule is CCOc1ccc(C2c3c(oc4ccc(Cl)cc4c3=O)C(=O)N2c2ccc(OC)cc2)cc1OC. The Hall–Kier alpha value is -3.97. The number of amides is 1. The number of fused-ring (bicyclic) bond motifs is 2. The third kappa shape index (κ3) is 3.78. The number of carbonyl (C=O) groups excluding carboxylic acids is 1. The average Bonchev–Trinajstić information content (AvgIpc) is 3.17. The van der Waals surface area contributed by atoms with Crippen LogP contribution in [0, 0.1) is 0 Å². The van der Waals surface area contributed by atoms with Crippen molar-refractivity contribution >= 4 is 34.2 Å². The van der Waals surface area contributed by atoms with Crippen molar-refractivity contribution in [1.82, 2.24) is 0 Å². The lowest BCUT2D eigenvalue weighted by Crippen LogP contribution is -2.29. The third-order valence-electron chi connectivity index (χ3n) is 5.99. The number of carbonyl (C=O) groups is 1. The number of methoxy groups -OCH3 is 2. The molecule has 4 aromatic rings. The molecule has 8 heteroatoms. The molecule has 35 heavy (non-hydrogen) atoms. The Morgan fingerprint density at radius 2 is 1.71 bits per heavy atom. The largest absolute Gasteiger partial charge is 0.497 e. The minimum atomic E-state index is -0.755. The molecular weight excluding hydrogens is 470 g/mol. The summed E-state index contributed by atoms with van der Waals surface area (Å²) in [5, 5.41) is 0.712. The van der Waals surface area contributed by atoms with Gasteiger partial charge < -0.3 is 18.6 Å². The molecule has 0 N–H and O–H groups in total. The second kappa shape index (κ2) is 9.00. The number of nitrogens with zero attached hydrogens (tertiary/aromatic N) is 1. The van der Waals surface area contributed by atoms with Gasteiger partial charge in [-0.1, -0.05) is 17.7 Å². The van der Waals surface area contributed by atoms with Crippen molar-refractivity contribution in [1.29, 1.82) is 0 Å². The van der Waals surface area contributed by atoms with Crippen LogP contribution in [-0.2, 0) is 0 Å². The molecule has 1 aromatic heterocycles. The first-order valence-corrected chi connectivity index (χ1v) is 11.4. The van der Waals surface area contributed by atoms with E-state index >= 15 is 0 Å². The van der Waals surface area contributed by atoms with Crippen LogP contribution in [0.15, 0.2) is 69.9 Å². The lowest BCUT2D eigenvalue weighted by Gasteiger charge is -2.26. The molecule has 0 saturated carbocycles. The van der Waals surface area contributed by atoms with E-state index < -0.39 is 11.9 Å². The van der Waals surface area contributed by atoms with E-state index in [1.807, 2.05) is 13.0 Å². The zero-order valence-electron chi connectivity index (χ0n) is 19.3. The maximum Gasteiger partial charge on any atom is 0.295 e. The molecular formula is C27H22ClNO6. The molecule has 3 aromatic carbocycles. The zero-order chi connectivity index (χ0) is 24.7. The summed E-state index contributed by atoms with van der Waals surface area (Å²) in [6.45, 7) is 2.35. The van der Waals surface area contributed by atoms with Crippen molar-refractivity contribution in [2.75, 3.05) is 25.7 Å². The first-order chi connectivity index (χ1) is 17.0. The van der Waals surface area contributed by atoms with Gasteiger partial charge in [0.2, 0.25) is 5.76 Å². The maximum absolute atomic E-state index is 13.7. The molecule has 1 aliphatic heterocycles. The Kier molecular flexibility index (Phi) is 5.86. The average molecular weight is 492 g/mol. The molecule has 0 fully saturated rings. The molecule has 1 amide bonds. The third-order valence-corrected chi connectivity index (χ3v) is 6.22. The van der Waals surface area contributed by atoms with E-state index in [0.717, 1.165) is 0 Å². The second-order valence-electron chi connectivity index (χ2n) is 7.93. The highest BCUT2D eigenvalue weighted by Crippen LogP contribution is 2.43. The van der Waals surface area contributed by atoms with Crippen LogP contribution in [-0.4, -0.2) is 26.7 Å². The Balaban J connectivity index is 1.77. The highest BCUT2D eigenvalue weighted by atomic mass is 35.5. The van der Waals surface area contributed by atoms with Crippen LogP contribution >= 0.6 is 11.6 Å². The molecule has 2 heterocycles. The minimum Gasteiger partial charge on any atom is -0.497 e. The monoisotopic (exact) mass is 491 g/mol. The van der Waals surface area contributed by atoms with Crippen LogP contribution in [0.5, 0.6) is 17.2 Å². The molecule has 0 saturated heterocycles. The molecule has 0 radical (unpaired) electrons. The zero-order valence-corrected chi connectivity index (χ0v) is 20.1. The van der Waals surface area contributed by atoms with E-state index in [1.54, 1.807) is 73.7 Å². The Bertz CT molecular complexity index is 1490. The van der Waals surface area contributed by atoms with Gasteiger partial charge in [0, 0.05) is 10.7 Å². The summed E-state index contributed by atoms with van der Waals surface area (Å²) in [4.78, 5) is 29.0. The molecule has 0 aliphatic carbocycles. The molecule has 1 unspecified atom stereocenters. The van der Waals surface area contributed by atoms with Gasteiger partial charge >= 0.3 is 0 Å². The fourth-order valence-corrected chi connectivity index (χ4v) is 4.57. The summed E-state index contributed by atoms with van der Waals surface area (Å²) in [5.41, 5.74) is 1.48. The summed E-state index contributed by atoms with van der Waals surface area (Å²) in [6.07, 6.45) is 0. The summed E-state index contributed by atoms with van der Waals surface area (Å²) < 4.78 is 22.4. The smallest absolute Gasteiger partial charge is 0.295 e. The first kappa shape index (κ1) is 22.8. The normalized spacial score (nSPS) is 14.8. The van der Waals surface area contributed by atoms with E-state index in [-0.39, 0.29) is 16.8 Å². The van der Waals surface area contributed by atoms with Crippen LogP contribution < -0.4 is 24.5 Å². The van der Waals surface area contributed by atoms with Crippen molar-refractivity contribution in [3.05, 3.63) is 92.8 Å². The summed E-state index contributed by atoms with van der Waals surface area (Å²) in [7, 11) is 3.11. The predicted molar refractivity (Wildman–Crippen MR) is 133 cm³/mol. The molecule has 1 aliphatic rings. The summed E-state index contributed by atoms with van der Waals surface area (Å²) in [6, 6.07) is 16.4. The number of halogens is 1. The number of hydrogen-bond acceptors (Lipinski definition) is 6. The topological polar surface area (TPSA) is 78.2 Å². The van der Waals surface area contributed by atoms with E-state index in [2.05, 4.69) is 0 Å². The fraction of sp³-hybridized carbons (Fsp3) is 0.185. The van der Waals surface area contributed by atoms with E-state index in [1.165, 1.54) is 0 Å². The van der Waals surface area contributed by atoms with Crippen LogP contribution in [0.1, 0.15) is 34.6 Å². The summed E-state index contributed by atoms with van der Waals surface area (Å²) >= 11 is 6.16. The number of hydrogen-bond donors (Lipinski definition) is 0. The lowest BCUT2D eigenvalue weighted by molar-refractivity contribution is 0.0971. The van der Waals surface area contributed by atoms with Crippen LogP contribution in [0.4, 0.5) is 5.69 Å². The highest BCUT2D eigenvalue weighted by molar-refractivity contribution is 6.31. The Morgan fingerprint density at radius 1 is 0.943 bits per heavy atom. The van der Waals surface area contributed by atoms with Crippen LogP contribution in [0.25, 0.3) is 11.0 Å². The molecule has 5 rings (SSSR count). The lowest BCUT2D eigenvalue weighted by atomic mass is 9.97. The fourth-order valence-electron chi connectivity index (χ4n) is 4.40. The van der Waals surface area contributed by atoms with Crippen molar-refractivity contribution in [3.63, 3.8) is 0 Å². The van der Waals surface area contributed by atoms with Crippen LogP contribution in [0.3, 0.4) is 0 Å². The predicted octanol–water partition coefficient (Wildman–Crippen LogP) is 5.61. The van der Waals surface area contributed by atoms with Gasteiger partial charge in [-0.25, -0.2) is 0 Å². The highest BCUT2D eigenvalue weighted by Gasteiger charge is 2.44. The molecule has 0 bridgehead atoms. The standard InChI is InChI=1S/C27H22ClNO6/c1-4-34-21-11-5-15(13-22(21)33-3)24-23-25(30)19-14-16(28)6-12-20(19)35-26(23)27(31)29(24)17-7-9-18(32-2)10-8-17/h5-14,24H,4H2,1-3H3. The number of ether oxygens (including phenoxy) is 3. The number of rotatable bonds is 6. The maximum atomic E-state index is 13.7. The van der Waals surface area contributed by atoms with E-state index in [0.29, 0.717) is 51.1 Å². The van der Waals surface area contributed by atoms with Gasteiger partial charge in [0.05, 0.1) is 37.8 Å². The van der Waals surface area contributed by atoms with Gasteiger partial charge in [0.25, 0.3) is 5.91 Å². The van der Waals surface area contributed by atoms with Crippen LogP contribution in [0.2, 0.25) is 5.02 Å². The second-order valence-corrected chi connectivity index (χ2v) is 8.37. The Labute approximate surface area is 206 Å². The van der Waals surface area contributed by atoms with E-state index in [4.69, 9.17) is 30.2 Å². The number of benzene rings is 3. The molecule has 178 valence electrons. The van der Waals surface area contributed by atoms with Crippen molar-refractivity contribution in [3.8, 4) is 17.2 Å². The first-order valence-electron chi connectivity index (χ1n) is 11.0. The van der Waals surface area contributed by atoms with Gasteiger partial charge in [-0.05, 0) is 67.1 Å². The van der Waals surface area contributed by atoms with Crippen molar-refractivity contribution < 1.29 is 23.4 Å². The van der Waals surface area contributed by atoms with Crippen molar-refractivity contribution in [2.45, 2.75) is 13.0 Å². The number of anilines is 1. The Morgan fingerprint density at radius 3 is 2.40 bits per heavy atom.